The van der Waals surface area contributed by atoms with E-state index in [4.69, 9.17) is 4.74 Å². The van der Waals surface area contributed by atoms with Crippen molar-refractivity contribution in [1.29, 1.82) is 0 Å². The minimum atomic E-state index is -0.0904. The first-order valence-corrected chi connectivity index (χ1v) is 8.40. The standard InChI is InChI=1S/C15H26BrN3O2/c1-5-7-8-19-15(20)14(16)12(9-17-19)18-13(11(3)4)10-21-6-2/h9,11,13,18H,5-8,10H2,1-4H3. The zero-order valence-electron chi connectivity index (χ0n) is 13.4. The van der Waals surface area contributed by atoms with E-state index in [2.05, 4.69) is 47.1 Å². The molecule has 0 radical (unpaired) electrons. The Balaban J connectivity index is 2.87. The van der Waals surface area contributed by atoms with Gasteiger partial charge < -0.3 is 10.1 Å². The molecule has 0 fully saturated rings. The molecule has 1 rings (SSSR count). The second kappa shape index (κ2) is 9.20. The van der Waals surface area contributed by atoms with Crippen LogP contribution in [0.3, 0.4) is 0 Å². The van der Waals surface area contributed by atoms with Crippen molar-refractivity contribution in [3.63, 3.8) is 0 Å². The molecule has 0 saturated carbocycles. The molecule has 1 N–H and O–H groups in total. The molecule has 120 valence electrons. The first-order chi connectivity index (χ1) is 10.0. The molecule has 0 aliphatic heterocycles. The van der Waals surface area contributed by atoms with Gasteiger partial charge in [-0.1, -0.05) is 27.2 Å². The maximum absolute atomic E-state index is 12.2. The van der Waals surface area contributed by atoms with Gasteiger partial charge in [-0.15, -0.1) is 0 Å². The minimum Gasteiger partial charge on any atom is -0.380 e. The second-order valence-corrected chi connectivity index (χ2v) is 6.20. The maximum Gasteiger partial charge on any atom is 0.283 e. The topological polar surface area (TPSA) is 56.1 Å². The van der Waals surface area contributed by atoms with Gasteiger partial charge in [0.25, 0.3) is 5.56 Å². The number of hydrogen-bond acceptors (Lipinski definition) is 4. The molecule has 1 atom stereocenters. The molecule has 1 aromatic heterocycles. The number of rotatable bonds is 9. The van der Waals surface area contributed by atoms with E-state index in [1.165, 1.54) is 4.68 Å². The molecule has 0 amide bonds. The summed E-state index contributed by atoms with van der Waals surface area (Å²) < 4.78 is 7.54. The summed E-state index contributed by atoms with van der Waals surface area (Å²) in [6.45, 7) is 10.3. The molecule has 1 unspecified atom stereocenters. The summed E-state index contributed by atoms with van der Waals surface area (Å²) in [6.07, 6.45) is 3.70. The van der Waals surface area contributed by atoms with Crippen LogP contribution in [0.1, 0.15) is 40.5 Å². The summed E-state index contributed by atoms with van der Waals surface area (Å²) in [4.78, 5) is 12.2. The lowest BCUT2D eigenvalue weighted by atomic mass is 10.1. The molecular formula is C15H26BrN3O2. The van der Waals surface area contributed by atoms with Crippen molar-refractivity contribution in [2.75, 3.05) is 18.5 Å². The van der Waals surface area contributed by atoms with Crippen molar-refractivity contribution in [3.8, 4) is 0 Å². The Kier molecular flexibility index (Phi) is 7.96. The summed E-state index contributed by atoms with van der Waals surface area (Å²) in [5.41, 5.74) is 0.638. The number of ether oxygens (including phenoxy) is 1. The summed E-state index contributed by atoms with van der Waals surface area (Å²) >= 11 is 3.39. The van der Waals surface area contributed by atoms with Crippen LogP contribution < -0.4 is 10.9 Å². The number of nitrogens with zero attached hydrogens (tertiary/aromatic N) is 2. The molecule has 0 aliphatic rings. The number of aromatic nitrogens is 2. The van der Waals surface area contributed by atoms with Crippen LogP contribution in [0.15, 0.2) is 15.5 Å². The van der Waals surface area contributed by atoms with Crippen LogP contribution >= 0.6 is 15.9 Å². The molecule has 0 saturated heterocycles. The molecule has 1 heterocycles. The van der Waals surface area contributed by atoms with Gasteiger partial charge in [-0.2, -0.15) is 5.10 Å². The average molecular weight is 360 g/mol. The van der Waals surface area contributed by atoms with Crippen LogP contribution in [0, 0.1) is 5.92 Å². The smallest absolute Gasteiger partial charge is 0.283 e. The van der Waals surface area contributed by atoms with Gasteiger partial charge in [-0.25, -0.2) is 4.68 Å². The Labute approximate surface area is 135 Å². The quantitative estimate of drug-likeness (QED) is 0.734. The molecule has 0 aliphatic carbocycles. The van der Waals surface area contributed by atoms with Crippen molar-refractivity contribution in [2.24, 2.45) is 5.92 Å². The van der Waals surface area contributed by atoms with Crippen molar-refractivity contribution < 1.29 is 4.74 Å². The van der Waals surface area contributed by atoms with Crippen LogP contribution in [-0.4, -0.2) is 29.0 Å². The maximum atomic E-state index is 12.2. The molecule has 0 aromatic carbocycles. The molecule has 5 nitrogen and oxygen atoms in total. The number of halogens is 1. The highest BCUT2D eigenvalue weighted by Gasteiger charge is 2.16. The van der Waals surface area contributed by atoms with Crippen LogP contribution in [0.2, 0.25) is 0 Å². The zero-order chi connectivity index (χ0) is 15.8. The van der Waals surface area contributed by atoms with E-state index in [0.717, 1.165) is 18.5 Å². The van der Waals surface area contributed by atoms with Gasteiger partial charge in [0.05, 0.1) is 24.5 Å². The van der Waals surface area contributed by atoms with Crippen molar-refractivity contribution >= 4 is 21.6 Å². The van der Waals surface area contributed by atoms with E-state index >= 15 is 0 Å². The predicted molar refractivity (Wildman–Crippen MR) is 89.8 cm³/mol. The van der Waals surface area contributed by atoms with Gasteiger partial charge in [0, 0.05) is 13.2 Å². The Morgan fingerprint density at radius 2 is 2.14 bits per heavy atom. The zero-order valence-corrected chi connectivity index (χ0v) is 14.9. The van der Waals surface area contributed by atoms with E-state index < -0.39 is 0 Å². The van der Waals surface area contributed by atoms with Gasteiger partial charge in [-0.3, -0.25) is 4.79 Å². The van der Waals surface area contributed by atoms with E-state index in [0.29, 0.717) is 30.1 Å². The third kappa shape index (κ3) is 5.43. The first kappa shape index (κ1) is 18.2. The van der Waals surface area contributed by atoms with Crippen LogP contribution in [-0.2, 0) is 11.3 Å². The molecule has 0 spiro atoms. The lowest BCUT2D eigenvalue weighted by Gasteiger charge is -2.23. The summed E-state index contributed by atoms with van der Waals surface area (Å²) in [7, 11) is 0. The molecule has 6 heteroatoms. The molecule has 21 heavy (non-hydrogen) atoms. The normalized spacial score (nSPS) is 12.7. The highest BCUT2D eigenvalue weighted by molar-refractivity contribution is 9.10. The number of unbranched alkanes of at least 4 members (excludes halogenated alkanes) is 1. The van der Waals surface area contributed by atoms with Gasteiger partial charge >= 0.3 is 0 Å². The largest absolute Gasteiger partial charge is 0.380 e. The van der Waals surface area contributed by atoms with E-state index in [9.17, 15) is 4.79 Å². The fourth-order valence-corrected chi connectivity index (χ4v) is 2.30. The van der Waals surface area contributed by atoms with Crippen LogP contribution in [0.5, 0.6) is 0 Å². The van der Waals surface area contributed by atoms with E-state index in [-0.39, 0.29) is 11.6 Å². The Morgan fingerprint density at radius 3 is 2.71 bits per heavy atom. The first-order valence-electron chi connectivity index (χ1n) is 7.61. The minimum absolute atomic E-state index is 0.0904. The van der Waals surface area contributed by atoms with E-state index in [1.807, 2.05) is 6.92 Å². The highest BCUT2D eigenvalue weighted by atomic mass is 79.9. The Morgan fingerprint density at radius 1 is 1.43 bits per heavy atom. The van der Waals surface area contributed by atoms with Crippen molar-refractivity contribution in [1.82, 2.24) is 9.78 Å². The number of aryl methyl sites for hydroxylation is 1. The third-order valence-corrected chi connectivity index (χ3v) is 4.12. The molecule has 0 bridgehead atoms. The SMILES string of the molecule is CCCCn1ncc(NC(COCC)C(C)C)c(Br)c1=O. The van der Waals surface area contributed by atoms with Gasteiger partial charge in [0.1, 0.15) is 4.47 Å². The number of nitrogens with one attached hydrogen (secondary N) is 1. The lowest BCUT2D eigenvalue weighted by molar-refractivity contribution is 0.127. The highest BCUT2D eigenvalue weighted by Crippen LogP contribution is 2.19. The van der Waals surface area contributed by atoms with Gasteiger partial charge in [0.15, 0.2) is 0 Å². The summed E-state index contributed by atoms with van der Waals surface area (Å²) in [5.74, 6) is 0.394. The Bertz CT molecular complexity index is 488. The third-order valence-electron chi connectivity index (χ3n) is 3.36. The van der Waals surface area contributed by atoms with Crippen molar-refractivity contribution in [3.05, 3.63) is 21.0 Å². The molecule has 1 aromatic rings. The van der Waals surface area contributed by atoms with E-state index in [1.54, 1.807) is 6.20 Å². The van der Waals surface area contributed by atoms with Crippen LogP contribution in [0.25, 0.3) is 0 Å². The van der Waals surface area contributed by atoms with Gasteiger partial charge in [0.2, 0.25) is 0 Å². The summed E-state index contributed by atoms with van der Waals surface area (Å²) in [5, 5.41) is 7.60. The lowest BCUT2D eigenvalue weighted by Crippen LogP contribution is -2.33. The fourth-order valence-electron chi connectivity index (χ4n) is 1.88. The predicted octanol–water partition coefficient (Wildman–Crippen LogP) is 3.28. The summed E-state index contributed by atoms with van der Waals surface area (Å²) in [6, 6.07) is 0.147. The molecular weight excluding hydrogens is 334 g/mol. The average Bonchev–Trinajstić information content (AvgIpc) is 2.46. The van der Waals surface area contributed by atoms with Crippen LogP contribution in [0.4, 0.5) is 5.69 Å². The van der Waals surface area contributed by atoms with Gasteiger partial charge in [-0.05, 0) is 35.2 Å². The fraction of sp³-hybridized carbons (Fsp3) is 0.733. The van der Waals surface area contributed by atoms with Crippen molar-refractivity contribution in [2.45, 2.75) is 53.1 Å². The number of anilines is 1. The monoisotopic (exact) mass is 359 g/mol. The number of hydrogen-bond donors (Lipinski definition) is 1. The Hall–Kier alpha value is -0.880. The second-order valence-electron chi connectivity index (χ2n) is 5.41.